The van der Waals surface area contributed by atoms with Crippen LogP contribution >= 0.6 is 11.6 Å². The smallest absolute Gasteiger partial charge is 0.223 e. The molecule has 0 spiro atoms. The fourth-order valence-corrected chi connectivity index (χ4v) is 2.87. The highest BCUT2D eigenvalue weighted by molar-refractivity contribution is 6.30. The van der Waals surface area contributed by atoms with E-state index in [1.54, 1.807) is 7.11 Å². The molecule has 2 aromatic carbocycles. The van der Waals surface area contributed by atoms with E-state index < -0.39 is 0 Å². The van der Waals surface area contributed by atoms with Gasteiger partial charge in [-0.05, 0) is 41.8 Å². The van der Waals surface area contributed by atoms with Crippen LogP contribution in [0.5, 0.6) is 5.75 Å². The van der Waals surface area contributed by atoms with Crippen LogP contribution in [-0.2, 0) is 22.6 Å². The molecule has 3 rings (SSSR count). The average Bonchev–Trinajstić information content (AvgIpc) is 2.60. The van der Waals surface area contributed by atoms with Crippen LogP contribution < -0.4 is 4.74 Å². The van der Waals surface area contributed by atoms with Crippen molar-refractivity contribution < 1.29 is 14.3 Å². The van der Waals surface area contributed by atoms with Gasteiger partial charge in [-0.3, -0.25) is 4.79 Å². The topological polar surface area (TPSA) is 38.8 Å². The fourth-order valence-electron chi connectivity index (χ4n) is 2.74. The summed E-state index contributed by atoms with van der Waals surface area (Å²) in [7, 11) is 1.65. The Hall–Kier alpha value is -2.04. The van der Waals surface area contributed by atoms with Crippen molar-refractivity contribution in [3.63, 3.8) is 0 Å². The Kier molecular flexibility index (Phi) is 5.95. The third-order valence-electron chi connectivity index (χ3n) is 4.39. The molecule has 0 bridgehead atoms. The summed E-state index contributed by atoms with van der Waals surface area (Å²) in [4.78, 5) is 14.1. The van der Waals surface area contributed by atoms with Gasteiger partial charge in [0, 0.05) is 24.5 Å². The van der Waals surface area contributed by atoms with Crippen LogP contribution in [-0.4, -0.2) is 37.1 Å². The molecule has 1 heterocycles. The molecule has 1 fully saturated rings. The molecule has 5 heteroatoms. The SMILES string of the molecule is COc1ccc(CCC(=O)N2CC(OCc3ccc(Cl)cc3)C2)cc1. The molecular weight excluding hydrogens is 338 g/mol. The lowest BCUT2D eigenvalue weighted by molar-refractivity contribution is -0.145. The first-order chi connectivity index (χ1) is 12.1. The van der Waals surface area contributed by atoms with Gasteiger partial charge in [0.1, 0.15) is 5.75 Å². The summed E-state index contributed by atoms with van der Waals surface area (Å²) in [6.45, 7) is 1.90. The summed E-state index contributed by atoms with van der Waals surface area (Å²) in [6, 6.07) is 15.5. The largest absolute Gasteiger partial charge is 0.497 e. The first kappa shape index (κ1) is 17.8. The van der Waals surface area contributed by atoms with Crippen molar-refractivity contribution in [1.29, 1.82) is 0 Å². The quantitative estimate of drug-likeness (QED) is 0.756. The molecule has 0 saturated carbocycles. The normalized spacial score (nSPS) is 14.2. The van der Waals surface area contributed by atoms with Crippen LogP contribution in [0.3, 0.4) is 0 Å². The Morgan fingerprint density at radius 2 is 1.72 bits per heavy atom. The number of benzene rings is 2. The number of hydrogen-bond donors (Lipinski definition) is 0. The van der Waals surface area contributed by atoms with Gasteiger partial charge in [-0.2, -0.15) is 0 Å². The Labute approximate surface area is 153 Å². The van der Waals surface area contributed by atoms with Gasteiger partial charge in [-0.15, -0.1) is 0 Å². The minimum Gasteiger partial charge on any atom is -0.497 e. The maximum absolute atomic E-state index is 12.2. The Morgan fingerprint density at radius 1 is 1.08 bits per heavy atom. The predicted octanol–water partition coefficient (Wildman–Crippen LogP) is 3.71. The molecule has 4 nitrogen and oxygen atoms in total. The molecule has 1 amide bonds. The van der Waals surface area contributed by atoms with E-state index in [-0.39, 0.29) is 12.0 Å². The molecular formula is C20H22ClNO3. The van der Waals surface area contributed by atoms with Crippen LogP contribution in [0.25, 0.3) is 0 Å². The summed E-state index contributed by atoms with van der Waals surface area (Å²) in [5, 5.41) is 0.723. The van der Waals surface area contributed by atoms with Crippen molar-refractivity contribution >= 4 is 17.5 Å². The van der Waals surface area contributed by atoms with Gasteiger partial charge in [0.25, 0.3) is 0 Å². The lowest BCUT2D eigenvalue weighted by atomic mass is 10.1. The first-order valence-corrected chi connectivity index (χ1v) is 8.78. The summed E-state index contributed by atoms with van der Waals surface area (Å²) in [5.41, 5.74) is 2.24. The zero-order valence-electron chi connectivity index (χ0n) is 14.3. The third-order valence-corrected chi connectivity index (χ3v) is 4.64. The highest BCUT2D eigenvalue weighted by Crippen LogP contribution is 2.18. The lowest BCUT2D eigenvalue weighted by Crippen LogP contribution is -2.54. The van der Waals surface area contributed by atoms with Gasteiger partial charge in [-0.25, -0.2) is 0 Å². The molecule has 25 heavy (non-hydrogen) atoms. The van der Waals surface area contributed by atoms with Crippen molar-refractivity contribution in [1.82, 2.24) is 4.90 Å². The van der Waals surface area contributed by atoms with Crippen molar-refractivity contribution in [3.8, 4) is 5.75 Å². The number of methoxy groups -OCH3 is 1. The van der Waals surface area contributed by atoms with Crippen molar-refractivity contribution in [3.05, 3.63) is 64.7 Å². The summed E-state index contributed by atoms with van der Waals surface area (Å²) in [5.74, 6) is 1.01. The average molecular weight is 360 g/mol. The Morgan fingerprint density at radius 3 is 2.36 bits per heavy atom. The second-order valence-corrected chi connectivity index (χ2v) is 6.64. The molecule has 0 aliphatic carbocycles. The summed E-state index contributed by atoms with van der Waals surface area (Å²) >= 11 is 5.86. The molecule has 1 aliphatic heterocycles. The number of rotatable bonds is 7. The lowest BCUT2D eigenvalue weighted by Gasteiger charge is -2.39. The standard InChI is InChI=1S/C20H22ClNO3/c1-24-18-9-4-15(5-10-18)6-11-20(23)22-12-19(13-22)25-14-16-2-7-17(21)8-3-16/h2-5,7-10,19H,6,11-14H2,1H3. The van der Waals surface area contributed by atoms with Gasteiger partial charge in [0.15, 0.2) is 0 Å². The number of halogens is 1. The number of amides is 1. The van der Waals surface area contributed by atoms with Gasteiger partial charge in [0.05, 0.1) is 19.8 Å². The number of nitrogens with zero attached hydrogens (tertiary/aromatic N) is 1. The van der Waals surface area contributed by atoms with Gasteiger partial charge in [-0.1, -0.05) is 35.9 Å². The molecule has 1 aliphatic rings. The Balaban J connectivity index is 1.35. The van der Waals surface area contributed by atoms with E-state index in [0.29, 0.717) is 26.1 Å². The molecule has 0 radical (unpaired) electrons. The molecule has 0 N–H and O–H groups in total. The molecule has 2 aromatic rings. The first-order valence-electron chi connectivity index (χ1n) is 8.41. The molecule has 0 atom stereocenters. The fraction of sp³-hybridized carbons (Fsp3) is 0.350. The van der Waals surface area contributed by atoms with Gasteiger partial charge < -0.3 is 14.4 Å². The van der Waals surface area contributed by atoms with E-state index in [4.69, 9.17) is 21.1 Å². The number of carbonyl (C=O) groups is 1. The van der Waals surface area contributed by atoms with Crippen LogP contribution in [0, 0.1) is 0 Å². The van der Waals surface area contributed by atoms with Crippen molar-refractivity contribution in [2.45, 2.75) is 25.6 Å². The predicted molar refractivity (Wildman–Crippen MR) is 97.9 cm³/mol. The maximum Gasteiger partial charge on any atom is 0.223 e. The number of ether oxygens (including phenoxy) is 2. The molecule has 0 aromatic heterocycles. The number of aryl methyl sites for hydroxylation is 1. The van der Waals surface area contributed by atoms with Crippen LogP contribution in [0.1, 0.15) is 17.5 Å². The number of likely N-dealkylation sites (tertiary alicyclic amines) is 1. The van der Waals surface area contributed by atoms with E-state index in [0.717, 1.165) is 28.3 Å². The van der Waals surface area contributed by atoms with Crippen LogP contribution in [0.4, 0.5) is 0 Å². The molecule has 0 unspecified atom stereocenters. The zero-order valence-corrected chi connectivity index (χ0v) is 15.0. The second-order valence-electron chi connectivity index (χ2n) is 6.21. The number of hydrogen-bond acceptors (Lipinski definition) is 3. The monoisotopic (exact) mass is 359 g/mol. The highest BCUT2D eigenvalue weighted by Gasteiger charge is 2.30. The number of carbonyl (C=O) groups excluding carboxylic acids is 1. The van der Waals surface area contributed by atoms with E-state index in [2.05, 4.69) is 0 Å². The summed E-state index contributed by atoms with van der Waals surface area (Å²) in [6.07, 6.45) is 1.40. The van der Waals surface area contributed by atoms with E-state index >= 15 is 0 Å². The van der Waals surface area contributed by atoms with E-state index in [1.807, 2.05) is 53.4 Å². The van der Waals surface area contributed by atoms with Gasteiger partial charge >= 0.3 is 0 Å². The second kappa shape index (κ2) is 8.37. The van der Waals surface area contributed by atoms with Crippen molar-refractivity contribution in [2.24, 2.45) is 0 Å². The minimum atomic E-state index is 0.126. The van der Waals surface area contributed by atoms with Crippen LogP contribution in [0.2, 0.25) is 5.02 Å². The van der Waals surface area contributed by atoms with E-state index in [1.165, 1.54) is 0 Å². The minimum absolute atomic E-state index is 0.126. The summed E-state index contributed by atoms with van der Waals surface area (Å²) < 4.78 is 11.0. The highest BCUT2D eigenvalue weighted by atomic mass is 35.5. The van der Waals surface area contributed by atoms with Crippen molar-refractivity contribution in [2.75, 3.05) is 20.2 Å². The van der Waals surface area contributed by atoms with Gasteiger partial charge in [0.2, 0.25) is 5.91 Å². The Bertz CT molecular complexity index is 694. The van der Waals surface area contributed by atoms with E-state index in [9.17, 15) is 4.79 Å². The molecule has 132 valence electrons. The third kappa shape index (κ3) is 4.97. The van der Waals surface area contributed by atoms with Crippen LogP contribution in [0.15, 0.2) is 48.5 Å². The zero-order chi connectivity index (χ0) is 17.6. The maximum atomic E-state index is 12.2. The molecule has 1 saturated heterocycles.